The van der Waals surface area contributed by atoms with Crippen LogP contribution in [-0.2, 0) is 6.54 Å². The summed E-state index contributed by atoms with van der Waals surface area (Å²) in [7, 11) is 3.03. The molecule has 0 aliphatic heterocycles. The fourth-order valence-electron chi connectivity index (χ4n) is 2.92. The van der Waals surface area contributed by atoms with Crippen LogP contribution in [0.25, 0.3) is 0 Å². The predicted octanol–water partition coefficient (Wildman–Crippen LogP) is 4.47. The number of hydrogen-bond acceptors (Lipinski definition) is 4. The van der Waals surface area contributed by atoms with Crippen LogP contribution in [0.4, 0.5) is 5.69 Å². The maximum Gasteiger partial charge on any atom is 0.255 e. The van der Waals surface area contributed by atoms with Gasteiger partial charge < -0.3 is 14.8 Å². The molecule has 1 heterocycles. The Morgan fingerprint density at radius 3 is 2.32 bits per heavy atom. The van der Waals surface area contributed by atoms with E-state index < -0.39 is 0 Å². The molecular formula is C21H22ClN3O3. The van der Waals surface area contributed by atoms with Gasteiger partial charge in [0.05, 0.1) is 37.2 Å². The summed E-state index contributed by atoms with van der Waals surface area (Å²) in [5.74, 6) is 0.665. The lowest BCUT2D eigenvalue weighted by atomic mass is 10.1. The fraction of sp³-hybridized carbons (Fsp3) is 0.238. The molecule has 2 aromatic carbocycles. The molecule has 0 bridgehead atoms. The molecule has 28 heavy (non-hydrogen) atoms. The van der Waals surface area contributed by atoms with Crippen molar-refractivity contribution in [1.29, 1.82) is 0 Å². The number of aromatic nitrogens is 2. The van der Waals surface area contributed by atoms with Crippen LogP contribution in [0.2, 0.25) is 5.02 Å². The molecule has 6 nitrogen and oxygen atoms in total. The lowest BCUT2D eigenvalue weighted by molar-refractivity contribution is 0.102. The minimum atomic E-state index is -0.250. The monoisotopic (exact) mass is 399 g/mol. The third-order valence-electron chi connectivity index (χ3n) is 4.37. The molecule has 1 N–H and O–H groups in total. The van der Waals surface area contributed by atoms with Crippen LogP contribution in [0.3, 0.4) is 0 Å². The predicted molar refractivity (Wildman–Crippen MR) is 110 cm³/mol. The van der Waals surface area contributed by atoms with E-state index in [1.54, 1.807) is 24.3 Å². The Morgan fingerprint density at radius 1 is 1.07 bits per heavy atom. The standard InChI is InChI=1S/C21H22ClN3O3/c1-13-9-14(2)25(24-13)12-15-5-7-16(8-6-15)21(26)23-18-11-19(27-3)17(22)10-20(18)28-4/h5-11H,12H2,1-4H3,(H,23,26). The van der Waals surface area contributed by atoms with E-state index in [0.717, 1.165) is 17.0 Å². The molecule has 1 amide bonds. The lowest BCUT2D eigenvalue weighted by Gasteiger charge is -2.13. The smallest absolute Gasteiger partial charge is 0.255 e. The Morgan fingerprint density at radius 2 is 1.75 bits per heavy atom. The van der Waals surface area contributed by atoms with E-state index in [-0.39, 0.29) is 5.91 Å². The van der Waals surface area contributed by atoms with Gasteiger partial charge in [-0.3, -0.25) is 9.48 Å². The first-order chi connectivity index (χ1) is 13.4. The molecule has 146 valence electrons. The van der Waals surface area contributed by atoms with Gasteiger partial charge in [0.2, 0.25) is 0 Å². The van der Waals surface area contributed by atoms with Gasteiger partial charge in [-0.2, -0.15) is 5.10 Å². The second kappa shape index (κ2) is 8.35. The van der Waals surface area contributed by atoms with E-state index >= 15 is 0 Å². The van der Waals surface area contributed by atoms with Gasteiger partial charge >= 0.3 is 0 Å². The van der Waals surface area contributed by atoms with E-state index in [1.165, 1.54) is 14.2 Å². The first-order valence-corrected chi connectivity index (χ1v) is 9.12. The third-order valence-corrected chi connectivity index (χ3v) is 4.67. The minimum Gasteiger partial charge on any atom is -0.495 e. The maximum absolute atomic E-state index is 12.6. The lowest BCUT2D eigenvalue weighted by Crippen LogP contribution is -2.13. The number of methoxy groups -OCH3 is 2. The van der Waals surface area contributed by atoms with Crippen molar-refractivity contribution in [2.75, 3.05) is 19.5 Å². The van der Waals surface area contributed by atoms with E-state index in [0.29, 0.717) is 34.3 Å². The van der Waals surface area contributed by atoms with Crippen molar-refractivity contribution in [3.05, 3.63) is 70.0 Å². The van der Waals surface area contributed by atoms with Gasteiger partial charge in [-0.05, 0) is 37.6 Å². The van der Waals surface area contributed by atoms with Gasteiger partial charge in [0, 0.05) is 23.4 Å². The summed E-state index contributed by atoms with van der Waals surface area (Å²) >= 11 is 6.11. The average molecular weight is 400 g/mol. The van der Waals surface area contributed by atoms with Gasteiger partial charge in [-0.1, -0.05) is 23.7 Å². The fourth-order valence-corrected chi connectivity index (χ4v) is 3.15. The summed E-state index contributed by atoms with van der Waals surface area (Å²) < 4.78 is 12.4. The van der Waals surface area contributed by atoms with E-state index in [1.807, 2.05) is 36.7 Å². The number of hydrogen-bond donors (Lipinski definition) is 1. The van der Waals surface area contributed by atoms with Gasteiger partial charge in [0.1, 0.15) is 11.5 Å². The highest BCUT2D eigenvalue weighted by molar-refractivity contribution is 6.32. The maximum atomic E-state index is 12.6. The largest absolute Gasteiger partial charge is 0.495 e. The zero-order valence-electron chi connectivity index (χ0n) is 16.2. The molecule has 7 heteroatoms. The molecular weight excluding hydrogens is 378 g/mol. The second-order valence-electron chi connectivity index (χ2n) is 6.42. The molecule has 0 radical (unpaired) electrons. The number of halogens is 1. The summed E-state index contributed by atoms with van der Waals surface area (Å²) in [5, 5.41) is 7.71. The molecule has 3 rings (SSSR count). The topological polar surface area (TPSA) is 65.4 Å². The molecule has 0 atom stereocenters. The summed E-state index contributed by atoms with van der Waals surface area (Å²) in [6, 6.07) is 12.7. The average Bonchev–Trinajstić information content (AvgIpc) is 3.00. The Labute approximate surface area is 169 Å². The summed E-state index contributed by atoms with van der Waals surface area (Å²) in [5.41, 5.74) is 4.17. The highest BCUT2D eigenvalue weighted by Gasteiger charge is 2.14. The van der Waals surface area contributed by atoms with Crippen LogP contribution < -0.4 is 14.8 Å². The molecule has 3 aromatic rings. The van der Waals surface area contributed by atoms with Crippen LogP contribution in [0.1, 0.15) is 27.3 Å². The molecule has 0 fully saturated rings. The molecule has 1 aromatic heterocycles. The number of anilines is 1. The zero-order valence-corrected chi connectivity index (χ0v) is 17.0. The van der Waals surface area contributed by atoms with Crippen LogP contribution in [-0.4, -0.2) is 29.9 Å². The number of amides is 1. The number of carbonyl (C=O) groups is 1. The Hall–Kier alpha value is -2.99. The Bertz CT molecular complexity index is 997. The van der Waals surface area contributed by atoms with Gasteiger partial charge in [-0.15, -0.1) is 0 Å². The van der Waals surface area contributed by atoms with Crippen molar-refractivity contribution >= 4 is 23.2 Å². The highest BCUT2D eigenvalue weighted by Crippen LogP contribution is 2.36. The number of aryl methyl sites for hydroxylation is 2. The minimum absolute atomic E-state index is 0.250. The molecule has 0 spiro atoms. The Balaban J connectivity index is 1.75. The van der Waals surface area contributed by atoms with Crippen molar-refractivity contribution < 1.29 is 14.3 Å². The van der Waals surface area contributed by atoms with Crippen molar-refractivity contribution in [3.63, 3.8) is 0 Å². The first-order valence-electron chi connectivity index (χ1n) is 8.74. The van der Waals surface area contributed by atoms with Crippen LogP contribution in [0.5, 0.6) is 11.5 Å². The van der Waals surface area contributed by atoms with E-state index in [4.69, 9.17) is 21.1 Å². The van der Waals surface area contributed by atoms with Gasteiger partial charge in [0.25, 0.3) is 5.91 Å². The molecule has 0 saturated carbocycles. The van der Waals surface area contributed by atoms with E-state index in [9.17, 15) is 4.79 Å². The number of ether oxygens (including phenoxy) is 2. The highest BCUT2D eigenvalue weighted by atomic mass is 35.5. The van der Waals surface area contributed by atoms with Gasteiger partial charge in [-0.25, -0.2) is 0 Å². The van der Waals surface area contributed by atoms with Crippen LogP contribution in [0, 0.1) is 13.8 Å². The van der Waals surface area contributed by atoms with E-state index in [2.05, 4.69) is 10.4 Å². The number of nitrogens with one attached hydrogen (secondary N) is 1. The van der Waals surface area contributed by atoms with Crippen molar-refractivity contribution in [2.45, 2.75) is 20.4 Å². The van der Waals surface area contributed by atoms with Gasteiger partial charge in [0.15, 0.2) is 0 Å². The molecule has 0 unspecified atom stereocenters. The quantitative estimate of drug-likeness (QED) is 0.664. The van der Waals surface area contributed by atoms with Crippen molar-refractivity contribution in [3.8, 4) is 11.5 Å². The summed E-state index contributed by atoms with van der Waals surface area (Å²) in [4.78, 5) is 12.6. The van der Waals surface area contributed by atoms with Crippen LogP contribution in [0.15, 0.2) is 42.5 Å². The van der Waals surface area contributed by atoms with Crippen molar-refractivity contribution in [2.24, 2.45) is 0 Å². The number of rotatable bonds is 6. The normalized spacial score (nSPS) is 10.6. The van der Waals surface area contributed by atoms with Crippen molar-refractivity contribution in [1.82, 2.24) is 9.78 Å². The number of benzene rings is 2. The number of carbonyl (C=O) groups excluding carboxylic acids is 1. The first kappa shape index (κ1) is 19.8. The zero-order chi connectivity index (χ0) is 20.3. The molecule has 0 aliphatic carbocycles. The summed E-state index contributed by atoms with van der Waals surface area (Å²) in [6.45, 7) is 4.65. The third kappa shape index (κ3) is 4.28. The SMILES string of the molecule is COc1cc(NC(=O)c2ccc(Cn3nc(C)cc3C)cc2)c(OC)cc1Cl. The molecule has 0 saturated heterocycles. The number of nitrogens with zero attached hydrogens (tertiary/aromatic N) is 2. The van der Waals surface area contributed by atoms with Crippen LogP contribution >= 0.6 is 11.6 Å². The molecule has 0 aliphatic rings. The second-order valence-corrected chi connectivity index (χ2v) is 6.83. The summed E-state index contributed by atoms with van der Waals surface area (Å²) in [6.07, 6.45) is 0. The Kier molecular flexibility index (Phi) is 5.90.